The summed E-state index contributed by atoms with van der Waals surface area (Å²) in [5.41, 5.74) is 15.5. The van der Waals surface area contributed by atoms with E-state index in [4.69, 9.17) is 0 Å². The number of hydrogen-bond acceptors (Lipinski definition) is 0. The third kappa shape index (κ3) is 5.24. The summed E-state index contributed by atoms with van der Waals surface area (Å²) in [6.07, 6.45) is 0. The molecule has 0 aliphatic carbocycles. The molecule has 14 rings (SSSR count). The fourth-order valence-electron chi connectivity index (χ4n) is 11.1. The first-order valence-corrected chi connectivity index (χ1v) is 22.4. The molecule has 0 saturated carbocycles. The lowest BCUT2D eigenvalue weighted by Gasteiger charge is -2.14. The van der Waals surface area contributed by atoms with Gasteiger partial charge in [0.1, 0.15) is 0 Å². The monoisotopic (exact) mass is 825 g/mol. The van der Waals surface area contributed by atoms with Crippen molar-refractivity contribution in [2.75, 3.05) is 0 Å². The number of hydrogen-bond donors (Lipinski definition) is 0. The highest BCUT2D eigenvalue weighted by Gasteiger charge is 2.23. The summed E-state index contributed by atoms with van der Waals surface area (Å²) in [4.78, 5) is 0. The van der Waals surface area contributed by atoms with Crippen molar-refractivity contribution in [3.8, 4) is 39.3 Å². The third-order valence-corrected chi connectivity index (χ3v) is 13.8. The highest BCUT2D eigenvalue weighted by molar-refractivity contribution is 6.23. The van der Waals surface area contributed by atoms with Gasteiger partial charge in [0, 0.05) is 49.1 Å². The van der Waals surface area contributed by atoms with Crippen LogP contribution in [0.2, 0.25) is 0 Å². The summed E-state index contributed by atoms with van der Waals surface area (Å²) in [5.74, 6) is 0. The van der Waals surface area contributed by atoms with E-state index >= 15 is 0 Å². The fourth-order valence-corrected chi connectivity index (χ4v) is 11.1. The van der Waals surface area contributed by atoms with Crippen LogP contribution in [0.1, 0.15) is 0 Å². The van der Waals surface area contributed by atoms with Crippen molar-refractivity contribution in [1.82, 2.24) is 13.7 Å². The van der Waals surface area contributed by atoms with Gasteiger partial charge in [-0.1, -0.05) is 164 Å². The molecule has 0 saturated heterocycles. The molecule has 0 amide bonds. The van der Waals surface area contributed by atoms with Crippen LogP contribution in [0.3, 0.4) is 0 Å². The first-order chi connectivity index (χ1) is 32.3. The maximum atomic E-state index is 2.50. The largest absolute Gasteiger partial charge is 0.309 e. The molecule has 3 heterocycles. The van der Waals surface area contributed by atoms with Gasteiger partial charge in [-0.25, -0.2) is 0 Å². The molecule has 3 aromatic heterocycles. The van der Waals surface area contributed by atoms with Gasteiger partial charge in [-0.05, 0) is 111 Å². The van der Waals surface area contributed by atoms with Gasteiger partial charge in [-0.15, -0.1) is 0 Å². The molecule has 0 fully saturated rings. The smallest absolute Gasteiger partial charge is 0.0547 e. The van der Waals surface area contributed by atoms with Crippen LogP contribution in [-0.2, 0) is 0 Å². The Hall–Kier alpha value is -8.66. The van der Waals surface area contributed by atoms with Crippen molar-refractivity contribution in [3.05, 3.63) is 237 Å². The number of fused-ring (bicyclic) bond motifs is 12. The van der Waals surface area contributed by atoms with Crippen LogP contribution < -0.4 is 0 Å². The minimum Gasteiger partial charge on any atom is -0.309 e. The van der Waals surface area contributed by atoms with Gasteiger partial charge in [0.15, 0.2) is 0 Å². The van der Waals surface area contributed by atoms with Crippen LogP contribution in [0, 0.1) is 0 Å². The van der Waals surface area contributed by atoms with Gasteiger partial charge in [0.25, 0.3) is 0 Å². The van der Waals surface area contributed by atoms with Gasteiger partial charge in [0.05, 0.1) is 38.8 Å². The van der Waals surface area contributed by atoms with Gasteiger partial charge in [-0.3, -0.25) is 0 Å². The normalized spacial score (nSPS) is 12.0. The SMILES string of the molecule is c1ccc(-c2ccc3c(c2)c2cc(-n4c5ccccc5c5c(-c6cccc7c6c6ccccc6n7-c6cc7ccccc7c7ccccc67)cccc54)ccc2n3-c2ccccc2)cc1. The first kappa shape index (κ1) is 35.9. The Labute approximate surface area is 374 Å². The molecule has 0 radical (unpaired) electrons. The van der Waals surface area contributed by atoms with Crippen LogP contribution >= 0.6 is 0 Å². The molecule has 302 valence electrons. The average Bonchev–Trinajstić information content (AvgIpc) is 4.02. The summed E-state index contributed by atoms with van der Waals surface area (Å²) < 4.78 is 7.38. The lowest BCUT2D eigenvalue weighted by Crippen LogP contribution is -1.96. The van der Waals surface area contributed by atoms with Crippen LogP contribution in [0.4, 0.5) is 0 Å². The minimum atomic E-state index is 1.14. The quantitative estimate of drug-likeness (QED) is 0.154. The van der Waals surface area contributed by atoms with Crippen LogP contribution in [0.5, 0.6) is 0 Å². The summed E-state index contributed by atoms with van der Waals surface area (Å²) in [6, 6.07) is 87.0. The van der Waals surface area contributed by atoms with E-state index in [0.29, 0.717) is 0 Å². The summed E-state index contributed by atoms with van der Waals surface area (Å²) >= 11 is 0. The Morgan fingerprint density at radius 1 is 0.231 bits per heavy atom. The van der Waals surface area contributed by atoms with Crippen LogP contribution in [-0.4, -0.2) is 13.7 Å². The highest BCUT2D eigenvalue weighted by Crippen LogP contribution is 2.46. The second-order valence-corrected chi connectivity index (χ2v) is 17.2. The van der Waals surface area contributed by atoms with Crippen molar-refractivity contribution in [1.29, 1.82) is 0 Å². The van der Waals surface area contributed by atoms with E-state index < -0.39 is 0 Å². The fraction of sp³-hybridized carbons (Fsp3) is 0. The maximum Gasteiger partial charge on any atom is 0.0547 e. The molecule has 0 atom stereocenters. The summed E-state index contributed by atoms with van der Waals surface area (Å²) in [5, 5.41) is 12.5. The van der Waals surface area contributed by atoms with E-state index in [1.54, 1.807) is 0 Å². The van der Waals surface area contributed by atoms with Crippen molar-refractivity contribution in [3.63, 3.8) is 0 Å². The van der Waals surface area contributed by atoms with E-state index in [1.165, 1.54) is 115 Å². The van der Waals surface area contributed by atoms with Crippen molar-refractivity contribution in [2.45, 2.75) is 0 Å². The summed E-state index contributed by atoms with van der Waals surface area (Å²) in [7, 11) is 0. The molecule has 65 heavy (non-hydrogen) atoms. The van der Waals surface area contributed by atoms with E-state index in [-0.39, 0.29) is 0 Å². The number of aromatic nitrogens is 3. The molecule has 0 bridgehead atoms. The van der Waals surface area contributed by atoms with Gasteiger partial charge >= 0.3 is 0 Å². The van der Waals surface area contributed by atoms with E-state index in [1.807, 2.05) is 0 Å². The van der Waals surface area contributed by atoms with Gasteiger partial charge in [0.2, 0.25) is 0 Å². The lowest BCUT2D eigenvalue weighted by atomic mass is 9.95. The molecule has 11 aromatic carbocycles. The van der Waals surface area contributed by atoms with Crippen LogP contribution in [0.15, 0.2) is 237 Å². The lowest BCUT2D eigenvalue weighted by molar-refractivity contribution is 1.17. The topological polar surface area (TPSA) is 14.8 Å². The molecule has 3 nitrogen and oxygen atoms in total. The second kappa shape index (κ2) is 13.9. The predicted molar refractivity (Wildman–Crippen MR) is 275 cm³/mol. The number of para-hydroxylation sites is 3. The predicted octanol–water partition coefficient (Wildman–Crippen LogP) is 16.6. The molecule has 0 unspecified atom stereocenters. The molecular formula is C62H39N3. The highest BCUT2D eigenvalue weighted by atomic mass is 15.0. The third-order valence-electron chi connectivity index (χ3n) is 13.8. The van der Waals surface area contributed by atoms with E-state index in [9.17, 15) is 0 Å². The molecule has 0 aliphatic heterocycles. The number of nitrogens with zero attached hydrogens (tertiary/aromatic N) is 3. The van der Waals surface area contributed by atoms with Gasteiger partial charge in [-0.2, -0.15) is 0 Å². The van der Waals surface area contributed by atoms with Crippen molar-refractivity contribution < 1.29 is 0 Å². The Bertz CT molecular complexity index is 4220. The van der Waals surface area contributed by atoms with Crippen LogP contribution in [0.25, 0.3) is 126 Å². The zero-order valence-corrected chi connectivity index (χ0v) is 35.4. The zero-order chi connectivity index (χ0) is 42.6. The molecule has 14 aromatic rings. The molecular weight excluding hydrogens is 787 g/mol. The Kier molecular flexibility index (Phi) is 7.69. The molecule has 0 aliphatic rings. The van der Waals surface area contributed by atoms with E-state index in [2.05, 4.69) is 250 Å². The maximum absolute atomic E-state index is 2.50. The summed E-state index contributed by atoms with van der Waals surface area (Å²) in [6.45, 7) is 0. The first-order valence-electron chi connectivity index (χ1n) is 22.4. The molecule has 3 heteroatoms. The Morgan fingerprint density at radius 2 is 0.723 bits per heavy atom. The number of benzene rings is 11. The van der Waals surface area contributed by atoms with Gasteiger partial charge < -0.3 is 13.7 Å². The minimum absolute atomic E-state index is 1.14. The molecule has 0 N–H and O–H groups in total. The van der Waals surface area contributed by atoms with E-state index in [0.717, 1.165) is 11.4 Å². The van der Waals surface area contributed by atoms with Crippen molar-refractivity contribution in [2.24, 2.45) is 0 Å². The standard InChI is InChI=1S/C62H39N3/c1-3-17-40(18-4-1)41-33-35-56-52(37-41)53-39-44(34-36-57(53)63(56)43-20-5-2-6-21-43)64-54-29-13-11-25-50(54)61-48(27-15-31-58(61)64)49-28-16-32-59-62(49)51-26-12-14-30-55(51)65(59)60-38-42-19-7-8-22-45(42)46-23-9-10-24-47(46)60/h1-39H. The Balaban J connectivity index is 1.03. The number of rotatable bonds is 5. The zero-order valence-electron chi connectivity index (χ0n) is 35.4. The molecule has 0 spiro atoms. The Morgan fingerprint density at radius 3 is 1.43 bits per heavy atom. The van der Waals surface area contributed by atoms with Crippen molar-refractivity contribution >= 4 is 87.0 Å². The average molecular weight is 826 g/mol. The second-order valence-electron chi connectivity index (χ2n) is 17.2.